The molecule has 0 saturated heterocycles. The van der Waals surface area contributed by atoms with E-state index >= 15 is 0 Å². The van der Waals surface area contributed by atoms with Crippen LogP contribution in [0.15, 0.2) is 43.0 Å². The number of likely N-dealkylation sites (N-methyl/N-ethyl adjacent to an activating group) is 1. The molecule has 0 aromatic heterocycles. The zero-order valence-corrected chi connectivity index (χ0v) is 17.0. The second-order valence-corrected chi connectivity index (χ2v) is 7.82. The fourth-order valence-electron chi connectivity index (χ4n) is 2.93. The molecule has 0 unspecified atom stereocenters. The summed E-state index contributed by atoms with van der Waals surface area (Å²) in [5.74, 6) is 0.823. The smallest absolute Gasteiger partial charge is 0.414 e. The third-order valence-electron chi connectivity index (χ3n) is 4.15. The third kappa shape index (κ3) is 6.75. The van der Waals surface area contributed by atoms with Gasteiger partial charge in [0.1, 0.15) is 18.0 Å². The van der Waals surface area contributed by atoms with E-state index in [1.807, 2.05) is 58.2 Å². The molecule has 0 atom stereocenters. The average molecular weight is 373 g/mol. The van der Waals surface area contributed by atoms with E-state index in [2.05, 4.69) is 17.6 Å². The van der Waals surface area contributed by atoms with Crippen LogP contribution in [0.3, 0.4) is 0 Å². The average Bonchev–Trinajstić information content (AvgIpc) is 2.59. The van der Waals surface area contributed by atoms with Gasteiger partial charge in [-0.15, -0.1) is 6.58 Å². The SMILES string of the molecule is C=CCN(C)CC=CCOc1ccc2c(c1)CCCN2C(=O)OC(C)(C)C. The van der Waals surface area contributed by atoms with Gasteiger partial charge in [-0.3, -0.25) is 9.80 Å². The fraction of sp³-hybridized carbons (Fsp3) is 0.500. The molecular formula is C22H32N2O3. The van der Waals surface area contributed by atoms with Gasteiger partial charge in [-0.05, 0) is 64.4 Å². The van der Waals surface area contributed by atoms with Crippen LogP contribution < -0.4 is 9.64 Å². The summed E-state index contributed by atoms with van der Waals surface area (Å²) >= 11 is 0. The molecular weight excluding hydrogens is 340 g/mol. The molecule has 1 aliphatic heterocycles. The molecule has 1 aromatic rings. The van der Waals surface area contributed by atoms with Crippen molar-refractivity contribution in [3.05, 3.63) is 48.6 Å². The summed E-state index contributed by atoms with van der Waals surface area (Å²) in [5.41, 5.74) is 1.55. The summed E-state index contributed by atoms with van der Waals surface area (Å²) in [5, 5.41) is 0. The highest BCUT2D eigenvalue weighted by molar-refractivity contribution is 5.89. The maximum absolute atomic E-state index is 12.5. The van der Waals surface area contributed by atoms with Gasteiger partial charge < -0.3 is 9.47 Å². The Morgan fingerprint density at radius 1 is 1.30 bits per heavy atom. The Bertz CT molecular complexity index is 677. The van der Waals surface area contributed by atoms with Crippen LogP contribution in [0.2, 0.25) is 0 Å². The quantitative estimate of drug-likeness (QED) is 0.664. The van der Waals surface area contributed by atoms with Crippen LogP contribution in [-0.4, -0.2) is 49.9 Å². The van der Waals surface area contributed by atoms with Gasteiger partial charge in [-0.25, -0.2) is 4.79 Å². The van der Waals surface area contributed by atoms with E-state index in [0.29, 0.717) is 13.2 Å². The number of carbonyl (C=O) groups is 1. The number of hydrogen-bond acceptors (Lipinski definition) is 4. The van der Waals surface area contributed by atoms with Crippen LogP contribution in [0.1, 0.15) is 32.8 Å². The maximum Gasteiger partial charge on any atom is 0.414 e. The Hall–Kier alpha value is -2.27. The van der Waals surface area contributed by atoms with Gasteiger partial charge in [-0.2, -0.15) is 0 Å². The molecule has 1 amide bonds. The number of fused-ring (bicyclic) bond motifs is 1. The zero-order valence-electron chi connectivity index (χ0n) is 17.0. The van der Waals surface area contributed by atoms with Gasteiger partial charge in [-0.1, -0.05) is 18.2 Å². The number of amides is 1. The molecule has 0 fully saturated rings. The molecule has 0 bridgehead atoms. The van der Waals surface area contributed by atoms with Gasteiger partial charge >= 0.3 is 6.09 Å². The van der Waals surface area contributed by atoms with E-state index in [9.17, 15) is 4.79 Å². The predicted molar refractivity (Wildman–Crippen MR) is 111 cm³/mol. The molecule has 1 heterocycles. The van der Waals surface area contributed by atoms with Gasteiger partial charge in [0.2, 0.25) is 0 Å². The molecule has 5 nitrogen and oxygen atoms in total. The summed E-state index contributed by atoms with van der Waals surface area (Å²) in [4.78, 5) is 16.3. The molecule has 148 valence electrons. The van der Waals surface area contributed by atoms with Crippen molar-refractivity contribution in [3.8, 4) is 5.75 Å². The maximum atomic E-state index is 12.5. The number of ether oxygens (including phenoxy) is 2. The minimum atomic E-state index is -0.496. The van der Waals surface area contributed by atoms with Crippen LogP contribution in [-0.2, 0) is 11.2 Å². The number of nitrogens with zero attached hydrogens (tertiary/aromatic N) is 2. The summed E-state index contributed by atoms with van der Waals surface area (Å²) in [6.07, 6.45) is 7.57. The summed E-state index contributed by atoms with van der Waals surface area (Å²) in [7, 11) is 2.05. The zero-order chi connectivity index (χ0) is 19.9. The Morgan fingerprint density at radius 2 is 2.07 bits per heavy atom. The topological polar surface area (TPSA) is 42.0 Å². The monoisotopic (exact) mass is 372 g/mol. The van der Waals surface area contributed by atoms with Crippen molar-refractivity contribution in [2.75, 3.05) is 38.2 Å². The van der Waals surface area contributed by atoms with E-state index in [-0.39, 0.29) is 6.09 Å². The Kier molecular flexibility index (Phi) is 7.48. The molecule has 0 spiro atoms. The first kappa shape index (κ1) is 21.0. The van der Waals surface area contributed by atoms with Gasteiger partial charge in [0.15, 0.2) is 0 Å². The lowest BCUT2D eigenvalue weighted by molar-refractivity contribution is 0.0578. The van der Waals surface area contributed by atoms with Crippen molar-refractivity contribution in [1.82, 2.24) is 4.90 Å². The van der Waals surface area contributed by atoms with Gasteiger partial charge in [0.25, 0.3) is 0 Å². The second kappa shape index (κ2) is 9.60. The van der Waals surface area contributed by atoms with Crippen LogP contribution in [0, 0.1) is 0 Å². The van der Waals surface area contributed by atoms with Crippen molar-refractivity contribution >= 4 is 11.8 Å². The van der Waals surface area contributed by atoms with E-state index in [1.54, 1.807) is 4.90 Å². The largest absolute Gasteiger partial charge is 0.490 e. The highest BCUT2D eigenvalue weighted by atomic mass is 16.6. The summed E-state index contributed by atoms with van der Waals surface area (Å²) < 4.78 is 11.4. The molecule has 2 rings (SSSR count). The first-order valence-electron chi connectivity index (χ1n) is 9.51. The van der Waals surface area contributed by atoms with Crippen molar-refractivity contribution in [2.45, 2.75) is 39.2 Å². The second-order valence-electron chi connectivity index (χ2n) is 7.82. The van der Waals surface area contributed by atoms with Crippen LogP contribution in [0.5, 0.6) is 5.75 Å². The lowest BCUT2D eigenvalue weighted by Crippen LogP contribution is -2.39. The van der Waals surface area contributed by atoms with Crippen molar-refractivity contribution in [1.29, 1.82) is 0 Å². The summed E-state index contributed by atoms with van der Waals surface area (Å²) in [6.45, 7) is 12.3. The normalized spacial score (nSPS) is 14.3. The Labute approximate surface area is 163 Å². The summed E-state index contributed by atoms with van der Waals surface area (Å²) in [6, 6.07) is 5.90. The number of anilines is 1. The molecule has 5 heteroatoms. The molecule has 0 aliphatic carbocycles. The molecule has 0 radical (unpaired) electrons. The van der Waals surface area contributed by atoms with Crippen LogP contribution >= 0.6 is 0 Å². The fourth-order valence-corrected chi connectivity index (χ4v) is 2.93. The Balaban J connectivity index is 1.95. The molecule has 1 aromatic carbocycles. The minimum absolute atomic E-state index is 0.288. The van der Waals surface area contributed by atoms with Crippen LogP contribution in [0.4, 0.5) is 10.5 Å². The van der Waals surface area contributed by atoms with E-state index < -0.39 is 5.60 Å². The Morgan fingerprint density at radius 3 is 2.78 bits per heavy atom. The predicted octanol–water partition coefficient (Wildman–Crippen LogP) is 4.43. The van der Waals surface area contributed by atoms with Gasteiger partial charge in [0, 0.05) is 19.6 Å². The lowest BCUT2D eigenvalue weighted by atomic mass is 10.0. The van der Waals surface area contributed by atoms with Crippen molar-refractivity contribution < 1.29 is 14.3 Å². The lowest BCUT2D eigenvalue weighted by Gasteiger charge is -2.31. The highest BCUT2D eigenvalue weighted by Crippen LogP contribution is 2.31. The number of aryl methyl sites for hydroxylation is 1. The standard InChI is InChI=1S/C22H32N2O3/c1-6-13-23(5)14-7-8-16-26-19-11-12-20-18(17-19)10-9-15-24(20)21(25)27-22(2,3)4/h6-8,11-12,17H,1,9-10,13-16H2,2-5H3. The van der Waals surface area contributed by atoms with Gasteiger partial charge in [0.05, 0.1) is 5.69 Å². The number of hydrogen-bond donors (Lipinski definition) is 0. The first-order chi connectivity index (χ1) is 12.8. The number of rotatable bonds is 7. The number of benzene rings is 1. The molecule has 1 aliphatic rings. The van der Waals surface area contributed by atoms with E-state index in [1.165, 1.54) is 0 Å². The third-order valence-corrected chi connectivity index (χ3v) is 4.15. The van der Waals surface area contributed by atoms with E-state index in [0.717, 1.165) is 42.9 Å². The van der Waals surface area contributed by atoms with E-state index in [4.69, 9.17) is 9.47 Å². The highest BCUT2D eigenvalue weighted by Gasteiger charge is 2.27. The molecule has 0 saturated carbocycles. The first-order valence-corrected chi connectivity index (χ1v) is 9.51. The van der Waals surface area contributed by atoms with Crippen molar-refractivity contribution in [2.24, 2.45) is 0 Å². The van der Waals surface area contributed by atoms with Crippen LogP contribution in [0.25, 0.3) is 0 Å². The minimum Gasteiger partial charge on any atom is -0.490 e. The molecule has 27 heavy (non-hydrogen) atoms. The number of carbonyl (C=O) groups excluding carboxylic acids is 1. The van der Waals surface area contributed by atoms with Crippen molar-refractivity contribution in [3.63, 3.8) is 0 Å². The molecule has 0 N–H and O–H groups in total.